The van der Waals surface area contributed by atoms with Crippen molar-refractivity contribution in [2.75, 3.05) is 13.2 Å². The number of hydrogen-bond donors (Lipinski definition) is 1. The van der Waals surface area contributed by atoms with Crippen LogP contribution in [0.3, 0.4) is 0 Å². The molecule has 3 aromatic rings. The van der Waals surface area contributed by atoms with Gasteiger partial charge in [0.2, 0.25) is 0 Å². The van der Waals surface area contributed by atoms with Crippen molar-refractivity contribution in [3.8, 4) is 11.4 Å². The minimum Gasteiger partial charge on any atom is -0.488 e. The highest BCUT2D eigenvalue weighted by Gasteiger charge is 2.38. The Bertz CT molecular complexity index is 1180. The summed E-state index contributed by atoms with van der Waals surface area (Å²) >= 11 is 0. The van der Waals surface area contributed by atoms with E-state index in [1.54, 1.807) is 6.33 Å². The summed E-state index contributed by atoms with van der Waals surface area (Å²) in [5, 5.41) is 14.3. The molecule has 2 aromatic carbocycles. The first-order valence-corrected chi connectivity index (χ1v) is 10.9. The molecule has 0 spiro atoms. The summed E-state index contributed by atoms with van der Waals surface area (Å²) in [6.07, 6.45) is 4.86. The fourth-order valence-electron chi connectivity index (χ4n) is 4.49. The molecule has 2 aliphatic rings. The number of amidine groups is 1. The third-order valence-corrected chi connectivity index (χ3v) is 6.01. The van der Waals surface area contributed by atoms with Crippen molar-refractivity contribution in [3.05, 3.63) is 77.4 Å². The fourth-order valence-corrected chi connectivity index (χ4v) is 4.49. The van der Waals surface area contributed by atoms with Crippen molar-refractivity contribution in [2.24, 2.45) is 5.16 Å². The Kier molecular flexibility index (Phi) is 5.72. The average molecular weight is 454 g/mol. The molecule has 2 atom stereocenters. The molecule has 172 valence electrons. The molecule has 0 radical (unpaired) electrons. The van der Waals surface area contributed by atoms with Crippen LogP contribution in [0, 0.1) is 18.6 Å². The summed E-state index contributed by atoms with van der Waals surface area (Å²) in [7, 11) is 0. The zero-order valence-corrected chi connectivity index (χ0v) is 18.1. The highest BCUT2D eigenvalue weighted by molar-refractivity contribution is 5.99. The van der Waals surface area contributed by atoms with E-state index in [2.05, 4.69) is 15.0 Å². The first-order chi connectivity index (χ1) is 16.0. The van der Waals surface area contributed by atoms with Crippen molar-refractivity contribution < 1.29 is 23.5 Å². The lowest BCUT2D eigenvalue weighted by molar-refractivity contribution is -0.0160. The van der Waals surface area contributed by atoms with E-state index in [0.717, 1.165) is 48.0 Å². The number of piperidine rings is 1. The van der Waals surface area contributed by atoms with Gasteiger partial charge in [-0.15, -0.1) is 0 Å². The van der Waals surface area contributed by atoms with Crippen LogP contribution in [0.1, 0.15) is 29.7 Å². The number of benzene rings is 2. The summed E-state index contributed by atoms with van der Waals surface area (Å²) in [4.78, 5) is 11.9. The second kappa shape index (κ2) is 8.82. The molecule has 0 saturated carbocycles. The lowest BCUT2D eigenvalue weighted by Crippen LogP contribution is -2.57. The van der Waals surface area contributed by atoms with Crippen LogP contribution in [0.2, 0.25) is 0 Å². The summed E-state index contributed by atoms with van der Waals surface area (Å²) in [6.45, 7) is 2.83. The van der Waals surface area contributed by atoms with Gasteiger partial charge in [0.15, 0.2) is 5.84 Å². The third-order valence-electron chi connectivity index (χ3n) is 6.01. The van der Waals surface area contributed by atoms with E-state index < -0.39 is 11.6 Å². The molecule has 3 heterocycles. The van der Waals surface area contributed by atoms with E-state index >= 15 is 0 Å². The first-order valence-electron chi connectivity index (χ1n) is 10.9. The van der Waals surface area contributed by atoms with Crippen LogP contribution in [-0.2, 0) is 11.4 Å². The van der Waals surface area contributed by atoms with Crippen LogP contribution < -0.4 is 4.74 Å². The Balaban J connectivity index is 1.41. The number of imidazole rings is 1. The quantitative estimate of drug-likeness (QED) is 0.639. The number of aliphatic hydroxyl groups excluding tert-OH is 1. The maximum Gasteiger partial charge on any atom is 0.175 e. The van der Waals surface area contributed by atoms with Crippen LogP contribution in [0.4, 0.5) is 8.78 Å². The third kappa shape index (κ3) is 4.28. The summed E-state index contributed by atoms with van der Waals surface area (Å²) in [6, 6.07) is 8.77. The van der Waals surface area contributed by atoms with E-state index in [9.17, 15) is 13.9 Å². The predicted octanol–water partition coefficient (Wildman–Crippen LogP) is 3.56. The highest BCUT2D eigenvalue weighted by atomic mass is 19.1. The molecular formula is C24H24F2N4O3. The molecule has 9 heteroatoms. The molecule has 2 unspecified atom stereocenters. The zero-order chi connectivity index (χ0) is 22.9. The van der Waals surface area contributed by atoms with Crippen molar-refractivity contribution in [1.29, 1.82) is 0 Å². The molecule has 1 saturated heterocycles. The van der Waals surface area contributed by atoms with Gasteiger partial charge in [-0.1, -0.05) is 5.16 Å². The van der Waals surface area contributed by atoms with E-state index in [4.69, 9.17) is 9.57 Å². The average Bonchev–Trinajstić information content (AvgIpc) is 3.24. The minimum atomic E-state index is -0.676. The zero-order valence-electron chi connectivity index (χ0n) is 18.1. The lowest BCUT2D eigenvalue weighted by Gasteiger charge is -2.43. The van der Waals surface area contributed by atoms with Crippen LogP contribution >= 0.6 is 0 Å². The van der Waals surface area contributed by atoms with Gasteiger partial charge >= 0.3 is 0 Å². The SMILES string of the molecule is Cc1cn(-c2ccc(C3=NOCC4C(Oc5cc(F)cc(F)c5)CCCN34)cc2CO)cn1. The maximum absolute atomic E-state index is 13.6. The number of nitrogens with zero attached hydrogens (tertiary/aromatic N) is 4. The van der Waals surface area contributed by atoms with Gasteiger partial charge < -0.3 is 24.1 Å². The number of oxime groups is 1. The van der Waals surface area contributed by atoms with E-state index in [1.807, 2.05) is 35.9 Å². The summed E-state index contributed by atoms with van der Waals surface area (Å²) in [5.41, 5.74) is 3.26. The molecule has 5 rings (SSSR count). The van der Waals surface area contributed by atoms with E-state index in [-0.39, 0.29) is 24.5 Å². The number of rotatable bonds is 5. The van der Waals surface area contributed by atoms with Gasteiger partial charge in [-0.25, -0.2) is 13.8 Å². The lowest BCUT2D eigenvalue weighted by atomic mass is 9.96. The Labute approximate surface area is 189 Å². The number of aryl methyl sites for hydroxylation is 1. The van der Waals surface area contributed by atoms with Crippen molar-refractivity contribution >= 4 is 5.84 Å². The van der Waals surface area contributed by atoms with Gasteiger partial charge in [0.1, 0.15) is 36.1 Å². The van der Waals surface area contributed by atoms with E-state index in [1.165, 1.54) is 12.1 Å². The van der Waals surface area contributed by atoms with Gasteiger partial charge in [-0.3, -0.25) is 0 Å². The molecule has 0 aliphatic carbocycles. The molecule has 33 heavy (non-hydrogen) atoms. The van der Waals surface area contributed by atoms with Gasteiger partial charge in [-0.2, -0.15) is 0 Å². The Hall–Kier alpha value is -3.46. The molecule has 7 nitrogen and oxygen atoms in total. The molecule has 1 N–H and O–H groups in total. The number of halogens is 2. The minimum absolute atomic E-state index is 0.144. The summed E-state index contributed by atoms with van der Waals surface area (Å²) in [5.74, 6) is -0.548. The molecule has 0 bridgehead atoms. The van der Waals surface area contributed by atoms with Gasteiger partial charge in [0, 0.05) is 42.1 Å². The molecule has 2 aliphatic heterocycles. The molecule has 1 aromatic heterocycles. The van der Waals surface area contributed by atoms with Crippen LogP contribution in [0.5, 0.6) is 5.75 Å². The Morgan fingerprint density at radius 3 is 2.73 bits per heavy atom. The van der Waals surface area contributed by atoms with Crippen molar-refractivity contribution in [2.45, 2.75) is 38.5 Å². The monoisotopic (exact) mass is 454 g/mol. The second-order valence-corrected chi connectivity index (χ2v) is 8.30. The summed E-state index contributed by atoms with van der Waals surface area (Å²) < 4.78 is 35.1. The normalized spacial score (nSPS) is 20.1. The van der Waals surface area contributed by atoms with Crippen LogP contribution in [0.25, 0.3) is 5.69 Å². The smallest absolute Gasteiger partial charge is 0.175 e. The van der Waals surface area contributed by atoms with Crippen molar-refractivity contribution in [1.82, 2.24) is 14.5 Å². The highest BCUT2D eigenvalue weighted by Crippen LogP contribution is 2.29. The number of hydrogen-bond acceptors (Lipinski definition) is 6. The topological polar surface area (TPSA) is 72.1 Å². The predicted molar refractivity (Wildman–Crippen MR) is 117 cm³/mol. The second-order valence-electron chi connectivity index (χ2n) is 8.30. The number of fused-ring (bicyclic) bond motifs is 1. The molecule has 1 fully saturated rings. The Morgan fingerprint density at radius 1 is 1.18 bits per heavy atom. The van der Waals surface area contributed by atoms with Gasteiger partial charge in [0.05, 0.1) is 24.3 Å². The first kappa shape index (κ1) is 21.4. The van der Waals surface area contributed by atoms with E-state index in [0.29, 0.717) is 12.4 Å². The number of aromatic nitrogens is 2. The molecule has 0 amide bonds. The standard InChI is InChI=1S/C24H24F2N4O3/c1-15-11-29(14-27-15)21-5-4-16(7-17(21)12-31)24-28-32-13-22-23(3-2-6-30(22)24)33-20-9-18(25)8-19(26)10-20/h4-5,7-11,14,22-23,31H,2-3,6,12-13H2,1H3. The Morgan fingerprint density at radius 2 is 2.00 bits per heavy atom. The number of ether oxygens (including phenoxy) is 1. The molecular weight excluding hydrogens is 430 g/mol. The maximum atomic E-state index is 13.6. The van der Waals surface area contributed by atoms with Crippen LogP contribution in [-0.4, -0.2) is 50.7 Å². The van der Waals surface area contributed by atoms with Gasteiger partial charge in [-0.05, 0) is 38.0 Å². The van der Waals surface area contributed by atoms with Crippen LogP contribution in [0.15, 0.2) is 54.1 Å². The largest absolute Gasteiger partial charge is 0.488 e. The van der Waals surface area contributed by atoms with Gasteiger partial charge in [0.25, 0.3) is 0 Å². The van der Waals surface area contributed by atoms with Crippen molar-refractivity contribution in [3.63, 3.8) is 0 Å². The number of aliphatic hydroxyl groups is 1. The fraction of sp³-hybridized carbons (Fsp3) is 0.333.